The summed E-state index contributed by atoms with van der Waals surface area (Å²) in [6.07, 6.45) is 2.13. The first-order valence-corrected chi connectivity index (χ1v) is 6.61. The molecule has 1 unspecified atom stereocenters. The van der Waals surface area contributed by atoms with Gasteiger partial charge in [-0.15, -0.1) is 0 Å². The molecule has 0 radical (unpaired) electrons. The Kier molecular flexibility index (Phi) is 4.50. The Labute approximate surface area is 113 Å². The molecule has 1 aromatic heterocycles. The van der Waals surface area contributed by atoms with E-state index < -0.39 is 0 Å². The van der Waals surface area contributed by atoms with Crippen LogP contribution in [0.3, 0.4) is 0 Å². The first kappa shape index (κ1) is 14.0. The molecule has 2 rings (SSSR count). The van der Waals surface area contributed by atoms with E-state index in [1.54, 1.807) is 13.2 Å². The number of nitrogens with one attached hydrogen (secondary N) is 2. The van der Waals surface area contributed by atoms with Crippen molar-refractivity contribution in [2.24, 2.45) is 0 Å². The van der Waals surface area contributed by atoms with Gasteiger partial charge in [0.2, 0.25) is 0 Å². The number of hydrogen-bond acceptors (Lipinski definition) is 4. The van der Waals surface area contributed by atoms with Gasteiger partial charge in [0.1, 0.15) is 5.69 Å². The Hall–Kier alpha value is -1.46. The third-order valence-electron chi connectivity index (χ3n) is 3.46. The maximum absolute atomic E-state index is 12.1. The molecule has 1 aliphatic heterocycles. The molecule has 104 valence electrons. The molecule has 0 bridgehead atoms. The lowest BCUT2D eigenvalue weighted by molar-refractivity contribution is 0.0887. The Morgan fingerprint density at radius 3 is 3.05 bits per heavy atom. The van der Waals surface area contributed by atoms with Gasteiger partial charge in [0, 0.05) is 19.3 Å². The van der Waals surface area contributed by atoms with Gasteiger partial charge in [-0.05, 0) is 38.4 Å². The van der Waals surface area contributed by atoms with Crippen molar-refractivity contribution in [3.05, 3.63) is 29.6 Å². The molecular weight excluding hydrogens is 242 g/mol. The lowest BCUT2D eigenvalue weighted by atomic mass is 9.98. The van der Waals surface area contributed by atoms with E-state index in [0.29, 0.717) is 18.8 Å². The standard InChI is InChI=1S/C14H21N3O2/c1-11-5-3-6-12(17-11)13(18)15-9-14(10-19-2)7-4-8-16-14/h3,5-6,16H,4,7-10H2,1-2H3,(H,15,18). The molecule has 1 amide bonds. The molecule has 5 nitrogen and oxygen atoms in total. The van der Waals surface area contributed by atoms with Gasteiger partial charge < -0.3 is 15.4 Å². The summed E-state index contributed by atoms with van der Waals surface area (Å²) in [7, 11) is 1.69. The van der Waals surface area contributed by atoms with Crippen LogP contribution in [0.25, 0.3) is 0 Å². The van der Waals surface area contributed by atoms with Crippen LogP contribution < -0.4 is 10.6 Å². The predicted octanol–water partition coefficient (Wildman–Crippen LogP) is 0.888. The number of hydrogen-bond donors (Lipinski definition) is 2. The quantitative estimate of drug-likeness (QED) is 0.828. The molecule has 1 aliphatic rings. The second-order valence-electron chi connectivity index (χ2n) is 5.09. The van der Waals surface area contributed by atoms with Crippen molar-refractivity contribution in [3.8, 4) is 0 Å². The predicted molar refractivity (Wildman–Crippen MR) is 73.2 cm³/mol. The molecule has 5 heteroatoms. The number of aromatic nitrogens is 1. The van der Waals surface area contributed by atoms with Crippen LogP contribution >= 0.6 is 0 Å². The van der Waals surface area contributed by atoms with Crippen LogP contribution in [0, 0.1) is 6.92 Å². The van der Waals surface area contributed by atoms with Crippen molar-refractivity contribution in [2.45, 2.75) is 25.3 Å². The zero-order valence-corrected chi connectivity index (χ0v) is 11.5. The minimum Gasteiger partial charge on any atom is -0.383 e. The third-order valence-corrected chi connectivity index (χ3v) is 3.46. The van der Waals surface area contributed by atoms with E-state index in [1.807, 2.05) is 19.1 Å². The second-order valence-corrected chi connectivity index (χ2v) is 5.09. The highest BCUT2D eigenvalue weighted by atomic mass is 16.5. The molecule has 1 saturated heterocycles. The van der Waals surface area contributed by atoms with Crippen molar-refractivity contribution in [1.29, 1.82) is 0 Å². The smallest absolute Gasteiger partial charge is 0.269 e. The van der Waals surface area contributed by atoms with E-state index >= 15 is 0 Å². The Morgan fingerprint density at radius 2 is 2.42 bits per heavy atom. The average molecular weight is 263 g/mol. The normalized spacial score (nSPS) is 22.4. The fraction of sp³-hybridized carbons (Fsp3) is 0.571. The fourth-order valence-corrected chi connectivity index (χ4v) is 2.48. The average Bonchev–Trinajstić information content (AvgIpc) is 2.85. The summed E-state index contributed by atoms with van der Waals surface area (Å²) in [4.78, 5) is 16.3. The van der Waals surface area contributed by atoms with Gasteiger partial charge in [0.15, 0.2) is 0 Å². The molecule has 19 heavy (non-hydrogen) atoms. The minimum atomic E-state index is -0.132. The Bertz CT molecular complexity index is 442. The van der Waals surface area contributed by atoms with Crippen LogP contribution in [0.2, 0.25) is 0 Å². The maximum Gasteiger partial charge on any atom is 0.269 e. The number of amides is 1. The van der Waals surface area contributed by atoms with Gasteiger partial charge in [-0.1, -0.05) is 6.07 Å². The number of carbonyl (C=O) groups is 1. The summed E-state index contributed by atoms with van der Waals surface area (Å²) in [6, 6.07) is 5.45. The molecule has 1 aromatic rings. The largest absolute Gasteiger partial charge is 0.383 e. The van der Waals surface area contributed by atoms with Crippen LogP contribution in [-0.4, -0.2) is 43.2 Å². The summed E-state index contributed by atoms with van der Waals surface area (Å²) in [5.74, 6) is -0.132. The summed E-state index contributed by atoms with van der Waals surface area (Å²) in [5.41, 5.74) is 1.18. The number of carbonyl (C=O) groups excluding carboxylic acids is 1. The monoisotopic (exact) mass is 263 g/mol. The van der Waals surface area contributed by atoms with Crippen LogP contribution in [0.5, 0.6) is 0 Å². The maximum atomic E-state index is 12.1. The lowest BCUT2D eigenvalue weighted by Crippen LogP contribution is -2.53. The number of methoxy groups -OCH3 is 1. The summed E-state index contributed by atoms with van der Waals surface area (Å²) >= 11 is 0. The summed E-state index contributed by atoms with van der Waals surface area (Å²) in [6.45, 7) is 4.02. The Morgan fingerprint density at radius 1 is 1.58 bits per heavy atom. The molecular formula is C14H21N3O2. The highest BCUT2D eigenvalue weighted by molar-refractivity contribution is 5.92. The van der Waals surface area contributed by atoms with Gasteiger partial charge in [0.25, 0.3) is 5.91 Å². The van der Waals surface area contributed by atoms with Crippen molar-refractivity contribution < 1.29 is 9.53 Å². The van der Waals surface area contributed by atoms with E-state index in [1.165, 1.54) is 0 Å². The summed E-state index contributed by atoms with van der Waals surface area (Å²) < 4.78 is 5.26. The molecule has 1 fully saturated rings. The van der Waals surface area contributed by atoms with Crippen molar-refractivity contribution in [3.63, 3.8) is 0 Å². The van der Waals surface area contributed by atoms with Crippen LogP contribution in [0.1, 0.15) is 29.0 Å². The molecule has 1 atom stereocenters. The number of rotatable bonds is 5. The molecule has 0 spiro atoms. The minimum absolute atomic E-state index is 0.131. The highest BCUT2D eigenvalue weighted by Crippen LogP contribution is 2.18. The molecule has 0 aromatic carbocycles. The van der Waals surface area contributed by atoms with E-state index in [4.69, 9.17) is 4.74 Å². The van der Waals surface area contributed by atoms with E-state index in [9.17, 15) is 4.79 Å². The van der Waals surface area contributed by atoms with E-state index in [-0.39, 0.29) is 11.4 Å². The van der Waals surface area contributed by atoms with Gasteiger partial charge in [-0.3, -0.25) is 4.79 Å². The fourth-order valence-electron chi connectivity index (χ4n) is 2.48. The lowest BCUT2D eigenvalue weighted by Gasteiger charge is -2.28. The highest BCUT2D eigenvalue weighted by Gasteiger charge is 2.33. The van der Waals surface area contributed by atoms with Gasteiger partial charge >= 0.3 is 0 Å². The van der Waals surface area contributed by atoms with Crippen LogP contribution in [-0.2, 0) is 4.74 Å². The van der Waals surface area contributed by atoms with Gasteiger partial charge in [-0.2, -0.15) is 0 Å². The van der Waals surface area contributed by atoms with Crippen molar-refractivity contribution in [1.82, 2.24) is 15.6 Å². The number of nitrogens with zero attached hydrogens (tertiary/aromatic N) is 1. The zero-order valence-electron chi connectivity index (χ0n) is 11.5. The molecule has 0 aliphatic carbocycles. The topological polar surface area (TPSA) is 63.2 Å². The molecule has 2 N–H and O–H groups in total. The van der Waals surface area contributed by atoms with Gasteiger partial charge in [0.05, 0.1) is 12.1 Å². The molecule has 2 heterocycles. The van der Waals surface area contributed by atoms with Crippen LogP contribution in [0.4, 0.5) is 0 Å². The van der Waals surface area contributed by atoms with Crippen molar-refractivity contribution >= 4 is 5.91 Å². The third kappa shape index (κ3) is 3.52. The van der Waals surface area contributed by atoms with Crippen molar-refractivity contribution in [2.75, 3.05) is 26.8 Å². The van der Waals surface area contributed by atoms with Crippen LogP contribution in [0.15, 0.2) is 18.2 Å². The summed E-state index contributed by atoms with van der Waals surface area (Å²) in [5, 5.41) is 6.38. The first-order chi connectivity index (χ1) is 9.15. The SMILES string of the molecule is COCC1(CNC(=O)c2cccc(C)n2)CCCN1. The second kappa shape index (κ2) is 6.12. The Balaban J connectivity index is 1.95. The van der Waals surface area contributed by atoms with Gasteiger partial charge in [-0.25, -0.2) is 4.98 Å². The zero-order chi connectivity index (χ0) is 13.7. The van der Waals surface area contributed by atoms with E-state index in [0.717, 1.165) is 25.1 Å². The van der Waals surface area contributed by atoms with E-state index in [2.05, 4.69) is 15.6 Å². The number of ether oxygens (including phenoxy) is 1. The number of aryl methyl sites for hydroxylation is 1. The first-order valence-electron chi connectivity index (χ1n) is 6.61. The number of pyridine rings is 1. The molecule has 0 saturated carbocycles.